The molecule has 1 saturated carbocycles. The summed E-state index contributed by atoms with van der Waals surface area (Å²) in [7, 11) is 0. The predicted molar refractivity (Wildman–Crippen MR) is 116 cm³/mol. The summed E-state index contributed by atoms with van der Waals surface area (Å²) < 4.78 is 0. The third kappa shape index (κ3) is 6.13. The molecule has 0 bridgehead atoms. The second-order valence-corrected chi connectivity index (χ2v) is 8.32. The van der Waals surface area contributed by atoms with Gasteiger partial charge in [-0.1, -0.05) is 36.6 Å². The zero-order chi connectivity index (χ0) is 19.8. The molecule has 0 aromatic heterocycles. The highest BCUT2D eigenvalue weighted by Crippen LogP contribution is 2.27. The molecule has 1 amide bonds. The zero-order valence-corrected chi connectivity index (χ0v) is 17.7. The van der Waals surface area contributed by atoms with E-state index in [2.05, 4.69) is 34.6 Å². The van der Waals surface area contributed by atoms with Crippen molar-refractivity contribution < 1.29 is 4.79 Å². The fourth-order valence-corrected chi connectivity index (χ4v) is 4.27. The molecule has 2 fully saturated rings. The number of halogens is 1. The fourth-order valence-electron chi connectivity index (χ4n) is 4.15. The molecular weight excluding hydrogens is 372 g/mol. The molecule has 0 radical (unpaired) electrons. The van der Waals surface area contributed by atoms with Crippen LogP contribution >= 0.6 is 11.6 Å². The second-order valence-electron chi connectivity index (χ2n) is 7.89. The number of likely N-dealkylation sites (tertiary alicyclic amines) is 1. The van der Waals surface area contributed by atoms with E-state index in [4.69, 9.17) is 16.6 Å². The van der Waals surface area contributed by atoms with Gasteiger partial charge in [0.25, 0.3) is 0 Å². The molecule has 154 valence electrons. The number of hydrogen-bond donors (Lipinski definition) is 2. The highest BCUT2D eigenvalue weighted by atomic mass is 35.5. The molecule has 1 heterocycles. The van der Waals surface area contributed by atoms with Gasteiger partial charge in [-0.25, -0.2) is 0 Å². The lowest BCUT2D eigenvalue weighted by Crippen LogP contribution is -2.45. The Hall–Kier alpha value is -1.75. The molecule has 0 spiro atoms. The number of nitrogens with one attached hydrogen (secondary N) is 2. The molecule has 6 heteroatoms. The summed E-state index contributed by atoms with van der Waals surface area (Å²) in [6.07, 6.45) is 7.55. The first kappa shape index (κ1) is 21.0. The van der Waals surface area contributed by atoms with Gasteiger partial charge in [-0.15, -0.1) is 0 Å². The van der Waals surface area contributed by atoms with E-state index in [1.165, 1.54) is 18.4 Å². The second kappa shape index (κ2) is 10.7. The first-order chi connectivity index (χ1) is 13.7. The lowest BCUT2D eigenvalue weighted by molar-refractivity contribution is -0.134. The third-order valence-corrected chi connectivity index (χ3v) is 5.95. The quantitative estimate of drug-likeness (QED) is 0.414. The lowest BCUT2D eigenvalue weighted by atomic mass is 10.1. The van der Waals surface area contributed by atoms with E-state index < -0.39 is 0 Å². The van der Waals surface area contributed by atoms with Gasteiger partial charge in [0.05, 0.1) is 0 Å². The van der Waals surface area contributed by atoms with E-state index >= 15 is 0 Å². The molecule has 1 atom stereocenters. The summed E-state index contributed by atoms with van der Waals surface area (Å²) in [4.78, 5) is 19.4. The van der Waals surface area contributed by atoms with Crippen molar-refractivity contribution in [2.45, 2.75) is 57.9 Å². The Morgan fingerprint density at radius 1 is 1.21 bits per heavy atom. The van der Waals surface area contributed by atoms with Gasteiger partial charge in [-0.3, -0.25) is 9.79 Å². The Morgan fingerprint density at radius 3 is 2.68 bits per heavy atom. The molecular formula is C22H33ClN4O. The highest BCUT2D eigenvalue weighted by Gasteiger charge is 2.32. The maximum absolute atomic E-state index is 12.6. The Morgan fingerprint density at radius 2 is 1.96 bits per heavy atom. The maximum atomic E-state index is 12.6. The van der Waals surface area contributed by atoms with E-state index in [1.54, 1.807) is 0 Å². The van der Waals surface area contributed by atoms with E-state index in [-0.39, 0.29) is 5.92 Å². The lowest BCUT2D eigenvalue weighted by Gasteiger charge is -2.21. The summed E-state index contributed by atoms with van der Waals surface area (Å²) in [6.45, 7) is 5.35. The van der Waals surface area contributed by atoms with Crippen LogP contribution in [0.4, 0.5) is 0 Å². The number of rotatable bonds is 7. The minimum Gasteiger partial charge on any atom is -0.357 e. The van der Waals surface area contributed by atoms with Crippen LogP contribution in [-0.4, -0.2) is 49.0 Å². The number of aryl methyl sites for hydroxylation is 1. The van der Waals surface area contributed by atoms with Crippen molar-refractivity contribution in [2.75, 3.05) is 26.2 Å². The van der Waals surface area contributed by atoms with Crippen molar-refractivity contribution in [2.24, 2.45) is 10.9 Å². The van der Waals surface area contributed by atoms with Crippen LogP contribution in [0, 0.1) is 5.92 Å². The van der Waals surface area contributed by atoms with Gasteiger partial charge >= 0.3 is 0 Å². The molecule has 3 rings (SSSR count). The third-order valence-electron chi connectivity index (χ3n) is 5.70. The van der Waals surface area contributed by atoms with E-state index in [0.29, 0.717) is 11.9 Å². The van der Waals surface area contributed by atoms with Gasteiger partial charge in [0.2, 0.25) is 5.91 Å². The number of hydrogen-bond acceptors (Lipinski definition) is 2. The average molecular weight is 405 g/mol. The zero-order valence-electron chi connectivity index (χ0n) is 16.9. The Kier molecular flexibility index (Phi) is 8.01. The summed E-state index contributed by atoms with van der Waals surface area (Å²) in [6, 6.07) is 8.31. The maximum Gasteiger partial charge on any atom is 0.225 e. The number of aliphatic imine (C=N–C) groups is 1. The first-order valence-electron chi connectivity index (χ1n) is 10.7. The van der Waals surface area contributed by atoms with Crippen molar-refractivity contribution in [1.82, 2.24) is 15.5 Å². The van der Waals surface area contributed by atoms with E-state index in [0.717, 1.165) is 69.3 Å². The average Bonchev–Trinajstić information content (AvgIpc) is 3.38. The Labute approximate surface area is 173 Å². The van der Waals surface area contributed by atoms with Gasteiger partial charge in [0.1, 0.15) is 0 Å². The van der Waals surface area contributed by atoms with Crippen molar-refractivity contribution in [1.29, 1.82) is 0 Å². The molecule has 1 aliphatic carbocycles. The topological polar surface area (TPSA) is 56.7 Å². The molecule has 5 nitrogen and oxygen atoms in total. The van der Waals surface area contributed by atoms with Gasteiger partial charge in [-0.05, 0) is 56.7 Å². The predicted octanol–water partition coefficient (Wildman–Crippen LogP) is 3.62. The van der Waals surface area contributed by atoms with Gasteiger partial charge < -0.3 is 15.5 Å². The summed E-state index contributed by atoms with van der Waals surface area (Å²) >= 11 is 5.93. The number of amides is 1. The van der Waals surface area contributed by atoms with Gasteiger partial charge in [-0.2, -0.15) is 0 Å². The number of carbonyl (C=O) groups excluding carboxylic acids is 1. The summed E-state index contributed by atoms with van der Waals surface area (Å²) in [5.41, 5.74) is 1.29. The van der Waals surface area contributed by atoms with Crippen molar-refractivity contribution >= 4 is 23.5 Å². The number of benzene rings is 1. The fraction of sp³-hybridized carbons (Fsp3) is 0.636. The molecule has 1 aliphatic heterocycles. The first-order valence-corrected chi connectivity index (χ1v) is 11.1. The van der Waals surface area contributed by atoms with Crippen LogP contribution in [0.5, 0.6) is 0 Å². The largest absolute Gasteiger partial charge is 0.357 e. The standard InChI is InChI=1S/C22H33ClN4O/c1-2-24-22(25-14-5-6-17-9-11-19(23)12-10-17)26-20-13-15-27(16-20)21(28)18-7-3-4-8-18/h9-12,18,20H,2-8,13-16H2,1H3,(H2,24,25,26). The molecule has 2 aliphatic rings. The molecule has 1 saturated heterocycles. The van der Waals surface area contributed by atoms with Crippen molar-refractivity contribution in [3.8, 4) is 0 Å². The summed E-state index contributed by atoms with van der Waals surface area (Å²) in [5, 5.41) is 7.63. The van der Waals surface area contributed by atoms with Crippen LogP contribution < -0.4 is 10.6 Å². The summed E-state index contributed by atoms with van der Waals surface area (Å²) in [5.74, 6) is 1.50. The van der Waals surface area contributed by atoms with E-state index in [9.17, 15) is 4.79 Å². The van der Waals surface area contributed by atoms with Crippen LogP contribution in [0.25, 0.3) is 0 Å². The highest BCUT2D eigenvalue weighted by molar-refractivity contribution is 6.30. The van der Waals surface area contributed by atoms with Crippen molar-refractivity contribution in [3.63, 3.8) is 0 Å². The molecule has 28 heavy (non-hydrogen) atoms. The monoisotopic (exact) mass is 404 g/mol. The molecule has 1 aromatic carbocycles. The Bertz CT molecular complexity index is 655. The van der Waals surface area contributed by atoms with Crippen LogP contribution in [0.3, 0.4) is 0 Å². The minimum atomic E-state index is 0.272. The number of nitrogens with zero attached hydrogens (tertiary/aromatic N) is 2. The SMILES string of the molecule is CCNC(=NCCCc1ccc(Cl)cc1)NC1CCN(C(=O)C2CCCC2)C1. The van der Waals surface area contributed by atoms with Gasteiger partial charge in [0, 0.05) is 43.2 Å². The van der Waals surface area contributed by atoms with Crippen LogP contribution in [-0.2, 0) is 11.2 Å². The Balaban J connectivity index is 1.43. The van der Waals surface area contributed by atoms with Gasteiger partial charge in [0.15, 0.2) is 5.96 Å². The number of guanidine groups is 1. The normalized spacial score (nSPS) is 20.6. The number of carbonyl (C=O) groups is 1. The molecule has 1 aromatic rings. The van der Waals surface area contributed by atoms with Crippen LogP contribution in [0.15, 0.2) is 29.3 Å². The molecule has 2 N–H and O–H groups in total. The van der Waals surface area contributed by atoms with E-state index in [1.807, 2.05) is 12.1 Å². The van der Waals surface area contributed by atoms with Crippen LogP contribution in [0.2, 0.25) is 5.02 Å². The molecule has 1 unspecified atom stereocenters. The smallest absolute Gasteiger partial charge is 0.225 e. The minimum absolute atomic E-state index is 0.272. The van der Waals surface area contributed by atoms with Crippen LogP contribution in [0.1, 0.15) is 51.0 Å². The van der Waals surface area contributed by atoms with Crippen molar-refractivity contribution in [3.05, 3.63) is 34.9 Å².